The minimum absolute atomic E-state index is 0.498. The van der Waals surface area contributed by atoms with Crippen LogP contribution < -0.4 is 10.0 Å². The molecule has 0 atom stereocenters. The maximum Gasteiger partial charge on any atom is 0.279 e. The van der Waals surface area contributed by atoms with Crippen LogP contribution >= 0.6 is 11.8 Å². The van der Waals surface area contributed by atoms with Crippen molar-refractivity contribution in [2.24, 2.45) is 0 Å². The molecule has 1 saturated heterocycles. The van der Waals surface area contributed by atoms with Crippen molar-refractivity contribution >= 4 is 22.0 Å². The Kier molecular flexibility index (Phi) is 7.24. The zero-order chi connectivity index (χ0) is 15.1. The number of rotatable bonds is 10. The molecule has 6 nitrogen and oxygen atoms in total. The standard InChI is InChI=1S/C13H28N4O2S2/c1-16(7-2-5-14-13-3-4-13)21(18,19)15-6-8-17-9-11-20-12-10-17/h13-15H,2-12H2,1H3. The van der Waals surface area contributed by atoms with Gasteiger partial charge >= 0.3 is 0 Å². The molecule has 0 aromatic carbocycles. The molecule has 8 heteroatoms. The number of hydrogen-bond donors (Lipinski definition) is 2. The van der Waals surface area contributed by atoms with Crippen molar-refractivity contribution in [3.8, 4) is 0 Å². The van der Waals surface area contributed by atoms with Crippen molar-refractivity contribution in [1.82, 2.24) is 19.2 Å². The second-order valence-corrected chi connectivity index (χ2v) is 8.84. The highest BCUT2D eigenvalue weighted by molar-refractivity contribution is 7.99. The molecule has 1 heterocycles. The summed E-state index contributed by atoms with van der Waals surface area (Å²) < 4.78 is 28.3. The Labute approximate surface area is 133 Å². The molecule has 0 aromatic heterocycles. The highest BCUT2D eigenvalue weighted by Crippen LogP contribution is 2.18. The quantitative estimate of drug-likeness (QED) is 0.548. The molecule has 0 aromatic rings. The molecule has 0 amide bonds. The summed E-state index contributed by atoms with van der Waals surface area (Å²) in [7, 11) is -1.67. The zero-order valence-electron chi connectivity index (χ0n) is 12.9. The van der Waals surface area contributed by atoms with Crippen LogP contribution in [-0.2, 0) is 10.2 Å². The predicted molar refractivity (Wildman–Crippen MR) is 89.0 cm³/mol. The molecule has 2 N–H and O–H groups in total. The van der Waals surface area contributed by atoms with Crippen LogP contribution in [0.1, 0.15) is 19.3 Å². The average Bonchev–Trinajstić information content (AvgIpc) is 3.28. The lowest BCUT2D eigenvalue weighted by Gasteiger charge is -2.26. The van der Waals surface area contributed by atoms with Crippen molar-refractivity contribution in [1.29, 1.82) is 0 Å². The minimum Gasteiger partial charge on any atom is -0.314 e. The lowest BCUT2D eigenvalue weighted by atomic mass is 10.4. The Morgan fingerprint density at radius 2 is 1.95 bits per heavy atom. The van der Waals surface area contributed by atoms with Gasteiger partial charge < -0.3 is 10.2 Å². The van der Waals surface area contributed by atoms with E-state index in [9.17, 15) is 8.42 Å². The normalized spacial score (nSPS) is 21.0. The van der Waals surface area contributed by atoms with Gasteiger partial charge in [-0.05, 0) is 25.8 Å². The molecule has 2 aliphatic rings. The highest BCUT2D eigenvalue weighted by Gasteiger charge is 2.21. The van der Waals surface area contributed by atoms with Crippen LogP contribution in [0.4, 0.5) is 0 Å². The van der Waals surface area contributed by atoms with Gasteiger partial charge in [-0.1, -0.05) is 0 Å². The number of hydrogen-bond acceptors (Lipinski definition) is 5. The van der Waals surface area contributed by atoms with Gasteiger partial charge in [-0.2, -0.15) is 24.5 Å². The van der Waals surface area contributed by atoms with Gasteiger partial charge in [0, 0.05) is 57.3 Å². The molecular weight excluding hydrogens is 308 g/mol. The summed E-state index contributed by atoms with van der Waals surface area (Å²) in [6.07, 6.45) is 3.40. The average molecular weight is 337 g/mol. The molecule has 0 spiro atoms. The van der Waals surface area contributed by atoms with Crippen LogP contribution in [-0.4, -0.2) is 81.5 Å². The van der Waals surface area contributed by atoms with E-state index in [4.69, 9.17) is 0 Å². The first-order valence-electron chi connectivity index (χ1n) is 7.82. The summed E-state index contributed by atoms with van der Waals surface area (Å²) in [6.45, 7) is 4.89. The SMILES string of the molecule is CN(CCCNC1CC1)S(=O)(=O)NCCN1CCSCC1. The van der Waals surface area contributed by atoms with Gasteiger partial charge in [0.2, 0.25) is 0 Å². The van der Waals surface area contributed by atoms with Gasteiger partial charge in [0.25, 0.3) is 10.2 Å². The van der Waals surface area contributed by atoms with Gasteiger partial charge in [-0.25, -0.2) is 4.72 Å². The first-order chi connectivity index (χ1) is 10.1. The predicted octanol–water partition coefficient (Wildman–Crippen LogP) is -0.0565. The lowest BCUT2D eigenvalue weighted by Crippen LogP contribution is -2.44. The molecule has 1 aliphatic heterocycles. The fourth-order valence-electron chi connectivity index (χ4n) is 2.28. The third-order valence-corrected chi connectivity index (χ3v) is 6.40. The van der Waals surface area contributed by atoms with Gasteiger partial charge in [0.1, 0.15) is 0 Å². The van der Waals surface area contributed by atoms with E-state index in [0.717, 1.165) is 44.1 Å². The van der Waals surface area contributed by atoms with Crippen molar-refractivity contribution in [3.63, 3.8) is 0 Å². The van der Waals surface area contributed by atoms with E-state index >= 15 is 0 Å². The van der Waals surface area contributed by atoms with E-state index < -0.39 is 10.2 Å². The smallest absolute Gasteiger partial charge is 0.279 e. The van der Waals surface area contributed by atoms with Gasteiger partial charge in [0.05, 0.1) is 0 Å². The maximum atomic E-state index is 12.1. The van der Waals surface area contributed by atoms with E-state index in [1.54, 1.807) is 7.05 Å². The highest BCUT2D eigenvalue weighted by atomic mass is 32.2. The molecule has 1 saturated carbocycles. The van der Waals surface area contributed by atoms with E-state index in [2.05, 4.69) is 14.9 Å². The fourth-order valence-corrected chi connectivity index (χ4v) is 4.20. The van der Waals surface area contributed by atoms with Crippen molar-refractivity contribution in [2.45, 2.75) is 25.3 Å². The molecule has 2 rings (SSSR count). The van der Waals surface area contributed by atoms with Gasteiger partial charge in [-0.15, -0.1) is 0 Å². The van der Waals surface area contributed by atoms with Crippen LogP contribution in [0.15, 0.2) is 0 Å². The third-order valence-electron chi connectivity index (χ3n) is 3.89. The fraction of sp³-hybridized carbons (Fsp3) is 1.00. The van der Waals surface area contributed by atoms with Gasteiger partial charge in [0.15, 0.2) is 0 Å². The molecule has 1 aliphatic carbocycles. The largest absolute Gasteiger partial charge is 0.314 e. The second kappa shape index (κ2) is 8.69. The Bertz CT molecular complexity index is 395. The van der Waals surface area contributed by atoms with Crippen molar-refractivity contribution in [2.75, 3.05) is 57.8 Å². The van der Waals surface area contributed by atoms with Crippen LogP contribution in [0.2, 0.25) is 0 Å². The zero-order valence-corrected chi connectivity index (χ0v) is 14.5. The first-order valence-corrected chi connectivity index (χ1v) is 10.4. The molecule has 21 heavy (non-hydrogen) atoms. The van der Waals surface area contributed by atoms with Crippen LogP contribution in [0.25, 0.3) is 0 Å². The molecule has 0 bridgehead atoms. The van der Waals surface area contributed by atoms with E-state index in [1.807, 2.05) is 11.8 Å². The summed E-state index contributed by atoms with van der Waals surface area (Å²) in [5.74, 6) is 2.31. The Balaban J connectivity index is 1.57. The Morgan fingerprint density at radius 1 is 1.24 bits per heavy atom. The minimum atomic E-state index is -3.32. The summed E-state index contributed by atoms with van der Waals surface area (Å²) in [5, 5.41) is 3.40. The summed E-state index contributed by atoms with van der Waals surface area (Å²) in [6, 6.07) is 0.688. The Morgan fingerprint density at radius 3 is 2.62 bits per heavy atom. The molecule has 0 radical (unpaired) electrons. The first kappa shape index (κ1) is 17.5. The molecule has 124 valence electrons. The molecule has 2 fully saturated rings. The van der Waals surface area contributed by atoms with Crippen LogP contribution in [0.5, 0.6) is 0 Å². The summed E-state index contributed by atoms with van der Waals surface area (Å²) >= 11 is 1.97. The number of nitrogens with zero attached hydrogens (tertiary/aromatic N) is 2. The summed E-state index contributed by atoms with van der Waals surface area (Å²) in [4.78, 5) is 2.32. The van der Waals surface area contributed by atoms with Crippen LogP contribution in [0, 0.1) is 0 Å². The van der Waals surface area contributed by atoms with Crippen molar-refractivity contribution < 1.29 is 8.42 Å². The molecular formula is C13H28N4O2S2. The van der Waals surface area contributed by atoms with Crippen LogP contribution in [0.3, 0.4) is 0 Å². The summed E-state index contributed by atoms with van der Waals surface area (Å²) in [5.41, 5.74) is 0. The van der Waals surface area contributed by atoms with E-state index in [0.29, 0.717) is 19.1 Å². The number of thioether (sulfide) groups is 1. The third kappa shape index (κ3) is 6.83. The van der Waals surface area contributed by atoms with E-state index in [1.165, 1.54) is 17.1 Å². The lowest BCUT2D eigenvalue weighted by molar-refractivity contribution is 0.306. The topological polar surface area (TPSA) is 64.7 Å². The second-order valence-electron chi connectivity index (χ2n) is 5.76. The maximum absolute atomic E-state index is 12.1. The van der Waals surface area contributed by atoms with Crippen molar-refractivity contribution in [3.05, 3.63) is 0 Å². The Hall–Kier alpha value is 0.140. The number of nitrogens with one attached hydrogen (secondary N) is 2. The molecule has 0 unspecified atom stereocenters. The monoisotopic (exact) mass is 336 g/mol. The van der Waals surface area contributed by atoms with Gasteiger partial charge in [-0.3, -0.25) is 0 Å². The van der Waals surface area contributed by atoms with E-state index in [-0.39, 0.29) is 0 Å².